The third-order valence-electron chi connectivity index (χ3n) is 12.7. The number of carbonyl (C=O) groups is 10. The van der Waals surface area contributed by atoms with E-state index in [0.29, 0.717) is 47.7 Å². The Morgan fingerprint density at radius 2 is 1.10 bits per heavy atom. The highest BCUT2D eigenvalue weighted by Gasteiger charge is 2.36. The molecule has 4 rings (SSSR count). The number of nitrogens with two attached hydrogens (primary N) is 1. The van der Waals surface area contributed by atoms with E-state index in [-0.39, 0.29) is 37.2 Å². The zero-order valence-corrected chi connectivity index (χ0v) is 43.1. The van der Waals surface area contributed by atoms with E-state index in [9.17, 15) is 53.1 Å². The SMILES string of the molecule is CC(=O)N[C@@H](CC(=O)OC1CCCCC1)C(=O)N[C@@H](CCC(=O)OC1CCCCC1)C(=O)N[C@H](C(=O)N[C@@H](CC(=O)OC1CCCCC1)C(=O)NCC(=O)N[C@@H](Cc1ccc(O)c(I)c1)C(N)=O)C(C)C. The van der Waals surface area contributed by atoms with Gasteiger partial charge in [-0.25, -0.2) is 0 Å². The van der Waals surface area contributed by atoms with E-state index < -0.39 is 121 Å². The molecular weight excluding hydrogens is 1040 g/mol. The molecule has 0 heterocycles. The fourth-order valence-electron chi connectivity index (χ4n) is 8.78. The van der Waals surface area contributed by atoms with Crippen LogP contribution in [0.25, 0.3) is 0 Å². The third kappa shape index (κ3) is 21.0. The van der Waals surface area contributed by atoms with Gasteiger partial charge in [-0.2, -0.15) is 0 Å². The number of carbonyl (C=O) groups excluding carboxylic acids is 10. The van der Waals surface area contributed by atoms with Crippen LogP contribution in [-0.2, 0) is 68.6 Å². The van der Waals surface area contributed by atoms with E-state index >= 15 is 0 Å². The molecule has 5 atom stereocenters. The molecule has 3 saturated carbocycles. The lowest BCUT2D eigenvalue weighted by Gasteiger charge is -2.28. The second kappa shape index (κ2) is 29.7. The van der Waals surface area contributed by atoms with Crippen LogP contribution in [-0.4, -0.2) is 119 Å². The lowest BCUT2D eigenvalue weighted by Crippen LogP contribution is -2.60. The van der Waals surface area contributed by atoms with Crippen molar-refractivity contribution in [3.63, 3.8) is 0 Å². The van der Waals surface area contributed by atoms with E-state index in [4.69, 9.17) is 19.9 Å². The first kappa shape index (κ1) is 58.0. The molecule has 0 aromatic heterocycles. The maximum atomic E-state index is 14.2. The molecule has 7 amide bonds. The number of benzene rings is 1. The van der Waals surface area contributed by atoms with E-state index in [2.05, 4.69) is 31.9 Å². The highest BCUT2D eigenvalue weighted by Crippen LogP contribution is 2.24. The van der Waals surface area contributed by atoms with Crippen LogP contribution in [0.1, 0.15) is 148 Å². The number of hydrogen-bond acceptors (Lipinski definition) is 14. The van der Waals surface area contributed by atoms with Gasteiger partial charge in [-0.3, -0.25) is 47.9 Å². The average molecular weight is 1110 g/mol. The van der Waals surface area contributed by atoms with Gasteiger partial charge in [0, 0.05) is 19.8 Å². The van der Waals surface area contributed by atoms with Gasteiger partial charge < -0.3 is 57.0 Å². The molecule has 1 aromatic carbocycles. The van der Waals surface area contributed by atoms with E-state index in [0.717, 1.165) is 64.7 Å². The standard InChI is InChI=1S/C49H72IN7O14/c1-28(2)44(57-47(66)35(20-22-41(61)69-31-13-7-4-8-14-31)55-48(67)38(53-29(3)58)26-43(63)71-33-17-11-6-12-18-33)49(68)56-37(25-42(62)70-32-15-9-5-10-16-32)46(65)52-27-40(60)54-36(45(51)64)24-30-19-21-39(59)34(50)23-30/h19,21,23,28,31-33,35-38,44,59H,4-18,20,22,24-27H2,1-3H3,(H2,51,64)(H,52,65)(H,53,58)(H,54,60)(H,55,67)(H,56,68)(H,57,66)/t35-,36-,37-,38-,44-/m0/s1. The molecular formula is C49H72IN7O14. The van der Waals surface area contributed by atoms with Gasteiger partial charge in [0.15, 0.2) is 0 Å². The number of primary amides is 1. The van der Waals surface area contributed by atoms with Gasteiger partial charge >= 0.3 is 17.9 Å². The van der Waals surface area contributed by atoms with E-state index in [1.54, 1.807) is 26.0 Å². The molecule has 0 unspecified atom stereocenters. The summed E-state index contributed by atoms with van der Waals surface area (Å²) >= 11 is 1.91. The van der Waals surface area contributed by atoms with E-state index in [1.807, 2.05) is 22.6 Å². The van der Waals surface area contributed by atoms with Gasteiger partial charge in [-0.05, 0) is 130 Å². The van der Waals surface area contributed by atoms with Crippen LogP contribution in [0.15, 0.2) is 18.2 Å². The molecule has 1 aromatic rings. The van der Waals surface area contributed by atoms with Crippen molar-refractivity contribution in [1.29, 1.82) is 0 Å². The van der Waals surface area contributed by atoms with Crippen molar-refractivity contribution >= 4 is 81.8 Å². The van der Waals surface area contributed by atoms with Crippen molar-refractivity contribution in [2.45, 2.75) is 198 Å². The maximum absolute atomic E-state index is 14.2. The Labute approximate surface area is 428 Å². The topological polar surface area (TPSA) is 317 Å². The monoisotopic (exact) mass is 1110 g/mol. The third-order valence-corrected chi connectivity index (χ3v) is 13.6. The second-order valence-corrected chi connectivity index (χ2v) is 20.2. The fourth-order valence-corrected chi connectivity index (χ4v) is 9.36. The summed E-state index contributed by atoms with van der Waals surface area (Å²) in [6, 6.07) is -2.62. The molecule has 3 aliphatic rings. The number of halogens is 1. The molecule has 22 heteroatoms. The predicted molar refractivity (Wildman–Crippen MR) is 264 cm³/mol. The highest BCUT2D eigenvalue weighted by atomic mass is 127. The molecule has 9 N–H and O–H groups in total. The Morgan fingerprint density at radius 3 is 1.58 bits per heavy atom. The molecule has 394 valence electrons. The molecule has 3 fully saturated rings. The second-order valence-electron chi connectivity index (χ2n) is 19.0. The molecule has 0 saturated heterocycles. The Bertz CT molecular complexity index is 2040. The summed E-state index contributed by atoms with van der Waals surface area (Å²) in [7, 11) is 0. The van der Waals surface area contributed by atoms with Crippen LogP contribution in [0.3, 0.4) is 0 Å². The van der Waals surface area contributed by atoms with Crippen LogP contribution in [0.2, 0.25) is 0 Å². The summed E-state index contributed by atoms with van der Waals surface area (Å²) in [6.07, 6.45) is 9.31. The van der Waals surface area contributed by atoms with Crippen LogP contribution in [0, 0.1) is 9.49 Å². The molecule has 21 nitrogen and oxygen atoms in total. The minimum atomic E-state index is -1.63. The van der Waals surface area contributed by atoms with Gasteiger partial charge in [0.2, 0.25) is 41.4 Å². The summed E-state index contributed by atoms with van der Waals surface area (Å²) < 4.78 is 17.4. The quantitative estimate of drug-likeness (QED) is 0.0397. The Kier molecular flexibility index (Phi) is 24.3. The average Bonchev–Trinajstić information content (AvgIpc) is 3.32. The van der Waals surface area contributed by atoms with Crippen LogP contribution in [0.5, 0.6) is 5.75 Å². The van der Waals surface area contributed by atoms with Crippen molar-refractivity contribution in [3.05, 3.63) is 27.3 Å². The fraction of sp³-hybridized carbons (Fsp3) is 0.673. The molecule has 0 bridgehead atoms. The molecule has 71 heavy (non-hydrogen) atoms. The normalized spacial score (nSPS) is 17.7. The van der Waals surface area contributed by atoms with Crippen LogP contribution >= 0.6 is 22.6 Å². The first-order valence-electron chi connectivity index (χ1n) is 24.9. The lowest BCUT2D eigenvalue weighted by molar-refractivity contribution is -0.153. The number of nitrogens with one attached hydrogen (secondary N) is 6. The number of phenolic OH excluding ortho intramolecular Hbond substituents is 1. The predicted octanol–water partition coefficient (Wildman–Crippen LogP) is 2.43. The first-order valence-corrected chi connectivity index (χ1v) is 26.0. The van der Waals surface area contributed by atoms with Crippen molar-refractivity contribution in [1.82, 2.24) is 31.9 Å². The minimum Gasteiger partial charge on any atom is -0.507 e. The van der Waals surface area contributed by atoms with Gasteiger partial charge in [-0.15, -0.1) is 0 Å². The Hall–Kier alpha value is -5.55. The summed E-state index contributed by atoms with van der Waals surface area (Å²) in [5, 5.41) is 24.8. The summed E-state index contributed by atoms with van der Waals surface area (Å²) in [5.74, 6) is -8.88. The van der Waals surface area contributed by atoms with Crippen LogP contribution < -0.4 is 37.6 Å². The number of aromatic hydroxyl groups is 1. The van der Waals surface area contributed by atoms with E-state index in [1.165, 1.54) is 6.07 Å². The van der Waals surface area contributed by atoms with Gasteiger partial charge in [0.25, 0.3) is 0 Å². The highest BCUT2D eigenvalue weighted by molar-refractivity contribution is 14.1. The molecule has 3 aliphatic carbocycles. The smallest absolute Gasteiger partial charge is 0.308 e. The zero-order valence-electron chi connectivity index (χ0n) is 41.0. The number of hydrogen-bond donors (Lipinski definition) is 8. The molecule has 0 aliphatic heterocycles. The maximum Gasteiger partial charge on any atom is 0.308 e. The lowest BCUT2D eigenvalue weighted by atomic mass is 9.97. The van der Waals surface area contributed by atoms with Gasteiger partial charge in [0.1, 0.15) is 54.3 Å². The molecule has 0 spiro atoms. The van der Waals surface area contributed by atoms with Crippen LogP contribution in [0.4, 0.5) is 0 Å². The van der Waals surface area contributed by atoms with Crippen molar-refractivity contribution in [3.8, 4) is 5.75 Å². The Morgan fingerprint density at radius 1 is 0.620 bits per heavy atom. The minimum absolute atomic E-state index is 0.0265. The number of ether oxygens (including phenoxy) is 3. The van der Waals surface area contributed by atoms with Gasteiger partial charge in [-0.1, -0.05) is 39.2 Å². The van der Waals surface area contributed by atoms with Gasteiger partial charge in [0.05, 0.1) is 23.0 Å². The van der Waals surface area contributed by atoms with Crippen molar-refractivity contribution in [2.24, 2.45) is 11.7 Å². The van der Waals surface area contributed by atoms with Crippen molar-refractivity contribution < 1.29 is 67.3 Å². The Balaban J connectivity index is 1.50. The zero-order chi connectivity index (χ0) is 52.0. The number of amides is 7. The number of phenols is 1. The summed E-state index contributed by atoms with van der Waals surface area (Å²) in [4.78, 5) is 133. The summed E-state index contributed by atoms with van der Waals surface area (Å²) in [6.45, 7) is 3.64. The number of rotatable bonds is 25. The van der Waals surface area contributed by atoms with Crippen molar-refractivity contribution in [2.75, 3.05) is 6.54 Å². The summed E-state index contributed by atoms with van der Waals surface area (Å²) in [5.41, 5.74) is 6.15. The first-order chi connectivity index (χ1) is 33.8. The largest absolute Gasteiger partial charge is 0.507 e. The number of esters is 3. The molecule has 0 radical (unpaired) electrons.